The summed E-state index contributed by atoms with van der Waals surface area (Å²) in [4.78, 5) is 10.2. The Hall–Kier alpha value is -1.78. The highest BCUT2D eigenvalue weighted by Gasteiger charge is 2.12. The molecular weight excluding hydrogens is 196 g/mol. The van der Waals surface area contributed by atoms with Crippen LogP contribution in [0.25, 0.3) is 0 Å². The number of anilines is 1. The Bertz CT molecular complexity index is 353. The highest BCUT2D eigenvalue weighted by atomic mass is 16.6. The molecule has 5 nitrogen and oxygen atoms in total. The fraction of sp³-hybridized carbons (Fsp3) is 0.400. The van der Waals surface area contributed by atoms with Gasteiger partial charge in [0.25, 0.3) is 5.69 Å². The summed E-state index contributed by atoms with van der Waals surface area (Å²) >= 11 is 0. The average molecular weight is 210 g/mol. The van der Waals surface area contributed by atoms with Crippen molar-refractivity contribution in [2.75, 3.05) is 19.0 Å². The molecule has 0 aromatic heterocycles. The monoisotopic (exact) mass is 210 g/mol. The summed E-state index contributed by atoms with van der Waals surface area (Å²) in [7, 11) is 1.64. The summed E-state index contributed by atoms with van der Waals surface area (Å²) in [6, 6.07) is 4.68. The van der Waals surface area contributed by atoms with Crippen LogP contribution >= 0.6 is 0 Å². The van der Waals surface area contributed by atoms with Crippen molar-refractivity contribution in [3.8, 4) is 5.75 Å². The third-order valence-corrected chi connectivity index (χ3v) is 1.91. The lowest BCUT2D eigenvalue weighted by Gasteiger charge is -2.07. The summed E-state index contributed by atoms with van der Waals surface area (Å²) in [5, 5.41) is 13.4. The van der Waals surface area contributed by atoms with Crippen molar-refractivity contribution < 1.29 is 9.66 Å². The average Bonchev–Trinajstić information content (AvgIpc) is 2.25. The summed E-state index contributed by atoms with van der Waals surface area (Å²) in [6.07, 6.45) is 0.909. The number of ether oxygens (including phenoxy) is 1. The number of hydrogen-bond donors (Lipinski definition) is 1. The van der Waals surface area contributed by atoms with Gasteiger partial charge in [0.15, 0.2) is 0 Å². The van der Waals surface area contributed by atoms with E-state index in [9.17, 15) is 10.1 Å². The molecule has 0 aliphatic rings. The highest BCUT2D eigenvalue weighted by Crippen LogP contribution is 2.28. The van der Waals surface area contributed by atoms with Crippen LogP contribution in [0.1, 0.15) is 13.3 Å². The summed E-state index contributed by atoms with van der Waals surface area (Å²) in [6.45, 7) is 2.62. The van der Waals surface area contributed by atoms with Gasteiger partial charge in [0, 0.05) is 19.2 Å². The third-order valence-electron chi connectivity index (χ3n) is 1.91. The summed E-state index contributed by atoms with van der Waals surface area (Å²) < 4.78 is 5.37. The SMILES string of the molecule is CCCOc1ccc([N+](=O)[O-])c(NC)c1. The molecule has 0 saturated heterocycles. The molecule has 0 atom stereocenters. The molecule has 0 spiro atoms. The van der Waals surface area contributed by atoms with Crippen LogP contribution in [0.3, 0.4) is 0 Å². The molecule has 0 radical (unpaired) electrons. The molecule has 0 saturated carbocycles. The third kappa shape index (κ3) is 2.83. The predicted octanol–water partition coefficient (Wildman–Crippen LogP) is 2.43. The zero-order chi connectivity index (χ0) is 11.3. The number of nitro groups is 1. The molecule has 0 aliphatic heterocycles. The number of benzene rings is 1. The van der Waals surface area contributed by atoms with Gasteiger partial charge in [0.2, 0.25) is 0 Å². The van der Waals surface area contributed by atoms with Crippen LogP contribution in [0.4, 0.5) is 11.4 Å². The van der Waals surface area contributed by atoms with Crippen molar-refractivity contribution in [2.24, 2.45) is 0 Å². The standard InChI is InChI=1S/C10H14N2O3/c1-3-6-15-8-4-5-10(12(13)14)9(7-8)11-2/h4-5,7,11H,3,6H2,1-2H3. The second-order valence-electron chi connectivity index (χ2n) is 3.03. The first-order chi connectivity index (χ1) is 7.19. The Morgan fingerprint density at radius 2 is 2.27 bits per heavy atom. The van der Waals surface area contributed by atoms with Crippen molar-refractivity contribution in [3.63, 3.8) is 0 Å². The van der Waals surface area contributed by atoms with E-state index in [4.69, 9.17) is 4.74 Å². The van der Waals surface area contributed by atoms with Crippen molar-refractivity contribution in [1.82, 2.24) is 0 Å². The molecule has 0 bridgehead atoms. The second-order valence-corrected chi connectivity index (χ2v) is 3.03. The normalized spacial score (nSPS) is 9.73. The molecular formula is C10H14N2O3. The van der Waals surface area contributed by atoms with Crippen LogP contribution in [-0.2, 0) is 0 Å². The van der Waals surface area contributed by atoms with E-state index in [1.165, 1.54) is 6.07 Å². The van der Waals surface area contributed by atoms with Gasteiger partial charge in [-0.3, -0.25) is 10.1 Å². The van der Waals surface area contributed by atoms with Crippen LogP contribution in [0.15, 0.2) is 18.2 Å². The van der Waals surface area contributed by atoms with Crippen molar-refractivity contribution in [1.29, 1.82) is 0 Å². The van der Waals surface area contributed by atoms with Crippen molar-refractivity contribution >= 4 is 11.4 Å². The van der Waals surface area contributed by atoms with Crippen LogP contribution < -0.4 is 10.1 Å². The number of rotatable bonds is 5. The van der Waals surface area contributed by atoms with Gasteiger partial charge in [-0.05, 0) is 12.5 Å². The van der Waals surface area contributed by atoms with E-state index in [1.807, 2.05) is 6.92 Å². The topological polar surface area (TPSA) is 64.4 Å². The first kappa shape index (κ1) is 11.3. The van der Waals surface area contributed by atoms with E-state index in [2.05, 4.69) is 5.32 Å². The lowest BCUT2D eigenvalue weighted by molar-refractivity contribution is -0.384. The van der Waals surface area contributed by atoms with E-state index >= 15 is 0 Å². The molecule has 5 heteroatoms. The quantitative estimate of drug-likeness (QED) is 0.598. The van der Waals surface area contributed by atoms with Gasteiger partial charge < -0.3 is 10.1 Å². The molecule has 0 aliphatic carbocycles. The van der Waals surface area contributed by atoms with Crippen LogP contribution in [-0.4, -0.2) is 18.6 Å². The van der Waals surface area contributed by atoms with Crippen molar-refractivity contribution in [3.05, 3.63) is 28.3 Å². The van der Waals surface area contributed by atoms with Gasteiger partial charge in [-0.15, -0.1) is 0 Å². The van der Waals surface area contributed by atoms with Crippen LogP contribution in [0, 0.1) is 10.1 Å². The van der Waals surface area contributed by atoms with Gasteiger partial charge in [0.05, 0.1) is 11.5 Å². The molecule has 0 amide bonds. The first-order valence-electron chi connectivity index (χ1n) is 4.78. The Kier molecular flexibility index (Phi) is 3.91. The van der Waals surface area contributed by atoms with E-state index in [0.717, 1.165) is 6.42 Å². The zero-order valence-electron chi connectivity index (χ0n) is 8.82. The van der Waals surface area contributed by atoms with Gasteiger partial charge in [-0.25, -0.2) is 0 Å². The number of nitrogens with zero attached hydrogens (tertiary/aromatic N) is 1. The summed E-state index contributed by atoms with van der Waals surface area (Å²) in [5.41, 5.74) is 0.523. The smallest absolute Gasteiger partial charge is 0.292 e. The Morgan fingerprint density at radius 3 is 2.80 bits per heavy atom. The minimum absolute atomic E-state index is 0.0568. The lowest BCUT2D eigenvalue weighted by atomic mass is 10.2. The van der Waals surface area contributed by atoms with E-state index < -0.39 is 4.92 Å². The first-order valence-corrected chi connectivity index (χ1v) is 4.78. The summed E-state index contributed by atoms with van der Waals surface area (Å²) in [5.74, 6) is 0.645. The van der Waals surface area contributed by atoms with Gasteiger partial charge in [-0.1, -0.05) is 6.92 Å². The fourth-order valence-corrected chi connectivity index (χ4v) is 1.18. The molecule has 1 rings (SSSR count). The Balaban J connectivity index is 2.92. The number of nitro benzene ring substituents is 1. The Morgan fingerprint density at radius 1 is 1.53 bits per heavy atom. The number of nitrogens with one attached hydrogen (secondary N) is 1. The largest absolute Gasteiger partial charge is 0.494 e. The maximum Gasteiger partial charge on any atom is 0.292 e. The van der Waals surface area contributed by atoms with E-state index in [1.54, 1.807) is 19.2 Å². The molecule has 0 unspecified atom stereocenters. The van der Waals surface area contributed by atoms with Crippen LogP contribution in [0.2, 0.25) is 0 Å². The fourth-order valence-electron chi connectivity index (χ4n) is 1.18. The second kappa shape index (κ2) is 5.19. The van der Waals surface area contributed by atoms with E-state index in [-0.39, 0.29) is 5.69 Å². The molecule has 1 aromatic carbocycles. The van der Waals surface area contributed by atoms with Gasteiger partial charge in [0.1, 0.15) is 11.4 Å². The number of hydrogen-bond acceptors (Lipinski definition) is 4. The van der Waals surface area contributed by atoms with Gasteiger partial charge >= 0.3 is 0 Å². The lowest BCUT2D eigenvalue weighted by Crippen LogP contribution is -1.99. The molecule has 1 aromatic rings. The zero-order valence-corrected chi connectivity index (χ0v) is 8.82. The predicted molar refractivity (Wildman–Crippen MR) is 58.4 cm³/mol. The minimum Gasteiger partial charge on any atom is -0.494 e. The molecule has 0 fully saturated rings. The molecule has 1 N–H and O–H groups in total. The molecule has 15 heavy (non-hydrogen) atoms. The molecule has 0 heterocycles. The van der Waals surface area contributed by atoms with Crippen LogP contribution in [0.5, 0.6) is 5.75 Å². The highest BCUT2D eigenvalue weighted by molar-refractivity contribution is 5.63. The van der Waals surface area contributed by atoms with Gasteiger partial charge in [-0.2, -0.15) is 0 Å². The molecule has 82 valence electrons. The minimum atomic E-state index is -0.421. The maximum atomic E-state index is 10.6. The van der Waals surface area contributed by atoms with Crippen molar-refractivity contribution in [2.45, 2.75) is 13.3 Å². The van der Waals surface area contributed by atoms with E-state index in [0.29, 0.717) is 18.0 Å². The Labute approximate surface area is 88.2 Å². The maximum absolute atomic E-state index is 10.6.